The summed E-state index contributed by atoms with van der Waals surface area (Å²) >= 11 is 0. The summed E-state index contributed by atoms with van der Waals surface area (Å²) in [6, 6.07) is 10.6. The zero-order chi connectivity index (χ0) is 11.4. The van der Waals surface area contributed by atoms with E-state index in [1.165, 1.54) is 31.2 Å². The van der Waals surface area contributed by atoms with Crippen molar-refractivity contribution in [2.75, 3.05) is 0 Å². The van der Waals surface area contributed by atoms with E-state index in [-0.39, 0.29) is 11.2 Å². The lowest BCUT2D eigenvalue weighted by atomic mass is 9.78. The average molecular weight is 214 g/mol. The summed E-state index contributed by atoms with van der Waals surface area (Å²) in [6.07, 6.45) is 8.71. The monoisotopic (exact) mass is 214 g/mol. The number of hydrogen-bond donors (Lipinski definition) is 0. The first-order valence-electron chi connectivity index (χ1n) is 5.98. The van der Waals surface area contributed by atoms with Crippen LogP contribution in [0.2, 0.25) is 0 Å². The van der Waals surface area contributed by atoms with Gasteiger partial charge >= 0.3 is 0 Å². The highest BCUT2D eigenvalue weighted by Gasteiger charge is 2.32. The van der Waals surface area contributed by atoms with E-state index in [0.717, 1.165) is 0 Å². The van der Waals surface area contributed by atoms with Gasteiger partial charge in [-0.05, 0) is 31.4 Å². The largest absolute Gasteiger partial charge is 0.295 e. The minimum absolute atomic E-state index is 0.118. The van der Waals surface area contributed by atoms with Crippen LogP contribution in [-0.2, 0) is 10.2 Å². The zero-order valence-electron chi connectivity index (χ0n) is 9.78. The Morgan fingerprint density at radius 3 is 2.38 bits per heavy atom. The van der Waals surface area contributed by atoms with Crippen LogP contribution < -0.4 is 0 Å². The quantitative estimate of drug-likeness (QED) is 0.702. The second-order valence-corrected chi connectivity index (χ2v) is 4.67. The number of ketones is 1. The molecule has 1 heteroatoms. The van der Waals surface area contributed by atoms with Crippen LogP contribution in [0.25, 0.3) is 0 Å². The maximum atomic E-state index is 11.1. The summed E-state index contributed by atoms with van der Waals surface area (Å²) in [7, 11) is 0. The van der Waals surface area contributed by atoms with Crippen molar-refractivity contribution in [3.05, 3.63) is 48.0 Å². The van der Waals surface area contributed by atoms with Crippen molar-refractivity contribution in [3.8, 4) is 0 Å². The molecule has 1 nitrogen and oxygen atoms in total. The molecule has 0 amide bonds. The molecule has 0 aliphatic heterocycles. The second-order valence-electron chi connectivity index (χ2n) is 4.67. The van der Waals surface area contributed by atoms with Crippen LogP contribution in [0, 0.1) is 0 Å². The first kappa shape index (κ1) is 11.1. The summed E-state index contributed by atoms with van der Waals surface area (Å²) in [5, 5.41) is 0. The van der Waals surface area contributed by atoms with E-state index in [4.69, 9.17) is 0 Å². The molecule has 2 rings (SSSR count). The van der Waals surface area contributed by atoms with Crippen LogP contribution in [0.3, 0.4) is 0 Å². The van der Waals surface area contributed by atoms with Crippen molar-refractivity contribution in [2.24, 2.45) is 0 Å². The lowest BCUT2D eigenvalue weighted by molar-refractivity contribution is -0.112. The smallest absolute Gasteiger partial charge is 0.152 e. The highest BCUT2D eigenvalue weighted by molar-refractivity contribution is 5.87. The van der Waals surface area contributed by atoms with E-state index in [1.807, 2.05) is 6.07 Å². The van der Waals surface area contributed by atoms with E-state index in [9.17, 15) is 4.79 Å². The molecule has 84 valence electrons. The molecule has 1 aliphatic rings. The molecule has 16 heavy (non-hydrogen) atoms. The van der Waals surface area contributed by atoms with Gasteiger partial charge in [0.25, 0.3) is 0 Å². The van der Waals surface area contributed by atoms with Crippen LogP contribution in [0.4, 0.5) is 0 Å². The third-order valence-corrected chi connectivity index (χ3v) is 3.48. The number of benzene rings is 1. The molecule has 0 atom stereocenters. The normalized spacial score (nSPS) is 19.1. The van der Waals surface area contributed by atoms with Crippen LogP contribution in [0.5, 0.6) is 0 Å². The van der Waals surface area contributed by atoms with Crippen molar-refractivity contribution < 1.29 is 4.79 Å². The van der Waals surface area contributed by atoms with Gasteiger partial charge in [0.15, 0.2) is 5.78 Å². The van der Waals surface area contributed by atoms with Gasteiger partial charge in [0.1, 0.15) is 0 Å². The molecule has 1 aromatic carbocycles. The molecular weight excluding hydrogens is 196 g/mol. The maximum absolute atomic E-state index is 11.1. The zero-order valence-corrected chi connectivity index (χ0v) is 9.78. The fourth-order valence-electron chi connectivity index (χ4n) is 2.60. The van der Waals surface area contributed by atoms with Gasteiger partial charge in [-0.3, -0.25) is 4.79 Å². The van der Waals surface area contributed by atoms with Crippen molar-refractivity contribution in [3.63, 3.8) is 0 Å². The Labute approximate surface area is 97.2 Å². The Kier molecular flexibility index (Phi) is 3.23. The third-order valence-electron chi connectivity index (χ3n) is 3.48. The summed E-state index contributed by atoms with van der Waals surface area (Å²) in [4.78, 5) is 11.1. The van der Waals surface area contributed by atoms with E-state index in [2.05, 4.69) is 30.3 Å². The van der Waals surface area contributed by atoms with Gasteiger partial charge in [-0.2, -0.15) is 0 Å². The van der Waals surface area contributed by atoms with Crippen molar-refractivity contribution in [2.45, 2.75) is 38.0 Å². The summed E-state index contributed by atoms with van der Waals surface area (Å²) < 4.78 is 0. The molecule has 0 aromatic heterocycles. The Morgan fingerprint density at radius 1 is 1.19 bits per heavy atom. The molecule has 0 saturated heterocycles. The Bertz CT molecular complexity index is 383. The molecule has 0 heterocycles. The van der Waals surface area contributed by atoms with Crippen molar-refractivity contribution >= 4 is 5.78 Å². The summed E-state index contributed by atoms with van der Waals surface area (Å²) in [5.41, 5.74) is 1.47. The van der Waals surface area contributed by atoms with Crippen molar-refractivity contribution in [1.29, 1.82) is 0 Å². The van der Waals surface area contributed by atoms with E-state index in [1.54, 1.807) is 13.0 Å². The van der Waals surface area contributed by atoms with E-state index < -0.39 is 0 Å². The molecule has 0 radical (unpaired) electrons. The second kappa shape index (κ2) is 4.65. The van der Waals surface area contributed by atoms with Crippen LogP contribution in [-0.4, -0.2) is 5.78 Å². The molecule has 0 N–H and O–H groups in total. The molecule has 1 aromatic rings. The summed E-state index contributed by atoms with van der Waals surface area (Å²) in [5.74, 6) is 0.141. The topological polar surface area (TPSA) is 17.1 Å². The van der Waals surface area contributed by atoms with Gasteiger partial charge in [0.05, 0.1) is 0 Å². The van der Waals surface area contributed by atoms with Gasteiger partial charge in [0, 0.05) is 5.41 Å². The highest BCUT2D eigenvalue weighted by Crippen LogP contribution is 2.42. The number of allylic oxidation sites excluding steroid dienone is 2. The number of carbonyl (C=O) groups excluding carboxylic acids is 1. The van der Waals surface area contributed by atoms with Gasteiger partial charge < -0.3 is 0 Å². The third kappa shape index (κ3) is 2.24. The fraction of sp³-hybridized carbons (Fsp3) is 0.400. The molecule has 1 saturated carbocycles. The molecule has 0 unspecified atom stereocenters. The molecule has 0 spiro atoms. The van der Waals surface area contributed by atoms with Gasteiger partial charge in [-0.1, -0.05) is 49.2 Å². The molecule has 1 fully saturated rings. The molecular formula is C15H18O. The maximum Gasteiger partial charge on any atom is 0.152 e. The Balaban J connectivity index is 2.33. The van der Waals surface area contributed by atoms with E-state index in [0.29, 0.717) is 0 Å². The van der Waals surface area contributed by atoms with Crippen molar-refractivity contribution in [1.82, 2.24) is 0 Å². The minimum atomic E-state index is 0.118. The molecule has 1 aliphatic carbocycles. The van der Waals surface area contributed by atoms with E-state index >= 15 is 0 Å². The van der Waals surface area contributed by atoms with Crippen LogP contribution >= 0.6 is 0 Å². The van der Waals surface area contributed by atoms with Crippen LogP contribution in [0.15, 0.2) is 42.5 Å². The lowest BCUT2D eigenvalue weighted by Gasteiger charge is -2.25. The minimum Gasteiger partial charge on any atom is -0.295 e. The first-order valence-corrected chi connectivity index (χ1v) is 5.98. The predicted octanol–water partition coefficient (Wildman–Crippen LogP) is 3.64. The van der Waals surface area contributed by atoms with Gasteiger partial charge in [-0.15, -0.1) is 0 Å². The number of rotatable bonds is 3. The fourth-order valence-corrected chi connectivity index (χ4v) is 2.60. The average Bonchev–Trinajstić information content (AvgIpc) is 2.78. The predicted molar refractivity (Wildman–Crippen MR) is 66.4 cm³/mol. The molecule has 0 bridgehead atoms. The SMILES string of the molecule is CC(=O)/C=C/C1(c2ccccc2)CCCC1. The Hall–Kier alpha value is -1.37. The summed E-state index contributed by atoms with van der Waals surface area (Å²) in [6.45, 7) is 1.62. The first-order chi connectivity index (χ1) is 7.73. The van der Waals surface area contributed by atoms with Crippen LogP contribution in [0.1, 0.15) is 38.2 Å². The van der Waals surface area contributed by atoms with Gasteiger partial charge in [-0.25, -0.2) is 0 Å². The number of carbonyl (C=O) groups is 1. The highest BCUT2D eigenvalue weighted by atomic mass is 16.1. The lowest BCUT2D eigenvalue weighted by Crippen LogP contribution is -2.18. The standard InChI is InChI=1S/C15H18O/c1-13(16)9-12-15(10-5-6-11-15)14-7-3-2-4-8-14/h2-4,7-9,12H,5-6,10-11H2,1H3/b12-9+. The van der Waals surface area contributed by atoms with Gasteiger partial charge in [0.2, 0.25) is 0 Å². The number of hydrogen-bond acceptors (Lipinski definition) is 1. The Morgan fingerprint density at radius 2 is 1.81 bits per heavy atom.